The Kier molecular flexibility index (Phi) is 6.36. The lowest BCUT2D eigenvalue weighted by Crippen LogP contribution is -2.44. The molecule has 0 aliphatic carbocycles. The van der Waals surface area contributed by atoms with Crippen LogP contribution in [0.25, 0.3) is 0 Å². The van der Waals surface area contributed by atoms with Crippen molar-refractivity contribution in [3.05, 3.63) is 53.3 Å². The largest absolute Gasteiger partial charge is 0.347 e. The zero-order valence-corrected chi connectivity index (χ0v) is 16.7. The van der Waals surface area contributed by atoms with Gasteiger partial charge in [-0.25, -0.2) is 0 Å². The van der Waals surface area contributed by atoms with Crippen molar-refractivity contribution in [2.75, 3.05) is 26.2 Å². The molecular weight excluding hydrogens is 378 g/mol. The second-order valence-corrected chi connectivity index (χ2v) is 7.37. The smallest absolute Gasteiger partial charge is 0.242 e. The molecule has 2 atom stereocenters. The molecule has 150 valence electrons. The van der Waals surface area contributed by atoms with Crippen LogP contribution in [0.3, 0.4) is 0 Å². The maximum absolute atomic E-state index is 12.7. The molecule has 0 saturated carbocycles. The molecule has 2 aliphatic rings. The van der Waals surface area contributed by atoms with E-state index in [2.05, 4.69) is 27.9 Å². The number of aryl methyl sites for hydroxylation is 1. The third kappa shape index (κ3) is 4.20. The summed E-state index contributed by atoms with van der Waals surface area (Å²) in [6.45, 7) is 2.75. The Morgan fingerprint density at radius 3 is 2.79 bits per heavy atom. The monoisotopic (exact) mass is 403 g/mol. The summed E-state index contributed by atoms with van der Waals surface area (Å²) in [6.07, 6.45) is 4.63. The van der Waals surface area contributed by atoms with Crippen LogP contribution >= 0.6 is 12.4 Å². The minimum absolute atomic E-state index is 0. The average Bonchev–Trinajstić information content (AvgIpc) is 3.34. The van der Waals surface area contributed by atoms with E-state index in [1.54, 1.807) is 4.68 Å². The van der Waals surface area contributed by atoms with Gasteiger partial charge in [-0.05, 0) is 23.1 Å². The van der Waals surface area contributed by atoms with Crippen molar-refractivity contribution in [1.29, 1.82) is 0 Å². The number of fused-ring (bicyclic) bond motifs is 1. The number of carbonyl (C=O) groups excluding carboxylic acids is 2. The van der Waals surface area contributed by atoms with E-state index in [0.29, 0.717) is 19.6 Å². The van der Waals surface area contributed by atoms with Crippen LogP contribution < -0.4 is 10.6 Å². The van der Waals surface area contributed by atoms with Gasteiger partial charge in [0.15, 0.2) is 0 Å². The molecule has 1 fully saturated rings. The Morgan fingerprint density at radius 2 is 2.04 bits per heavy atom. The molecule has 4 rings (SSSR count). The summed E-state index contributed by atoms with van der Waals surface area (Å²) in [4.78, 5) is 27.1. The first kappa shape index (κ1) is 20.4. The van der Waals surface area contributed by atoms with Gasteiger partial charge in [-0.2, -0.15) is 5.10 Å². The minimum Gasteiger partial charge on any atom is -0.347 e. The average molecular weight is 404 g/mol. The lowest BCUT2D eigenvalue weighted by atomic mass is 9.90. The Hall–Kier alpha value is -2.38. The van der Waals surface area contributed by atoms with Crippen LogP contribution in [-0.2, 0) is 29.6 Å². The molecule has 0 unspecified atom stereocenters. The normalized spacial score (nSPS) is 21.0. The highest BCUT2D eigenvalue weighted by molar-refractivity contribution is 5.87. The fourth-order valence-electron chi connectivity index (χ4n) is 4.05. The zero-order chi connectivity index (χ0) is 18.8. The topological polar surface area (TPSA) is 79.3 Å². The summed E-state index contributed by atoms with van der Waals surface area (Å²) in [6, 6.07) is 8.21. The van der Waals surface area contributed by atoms with Gasteiger partial charge in [0.05, 0.1) is 18.7 Å². The van der Waals surface area contributed by atoms with Crippen molar-refractivity contribution in [2.24, 2.45) is 13.0 Å². The van der Waals surface area contributed by atoms with Crippen molar-refractivity contribution < 1.29 is 9.59 Å². The summed E-state index contributed by atoms with van der Waals surface area (Å²) < 4.78 is 1.75. The van der Waals surface area contributed by atoms with Crippen molar-refractivity contribution in [2.45, 2.75) is 18.9 Å². The highest BCUT2D eigenvalue weighted by Gasteiger charge is 2.35. The summed E-state index contributed by atoms with van der Waals surface area (Å²) in [7, 11) is 1.87. The first-order valence-corrected chi connectivity index (χ1v) is 9.43. The Labute approximate surface area is 170 Å². The van der Waals surface area contributed by atoms with Crippen molar-refractivity contribution in [3.63, 3.8) is 0 Å². The van der Waals surface area contributed by atoms with E-state index in [1.807, 2.05) is 36.5 Å². The number of halogens is 1. The summed E-state index contributed by atoms with van der Waals surface area (Å²) >= 11 is 0. The Balaban J connectivity index is 0.00000225. The van der Waals surface area contributed by atoms with E-state index >= 15 is 0 Å². The molecule has 8 heteroatoms. The lowest BCUT2D eigenvalue weighted by Gasteiger charge is -2.29. The minimum atomic E-state index is -0.177. The predicted molar refractivity (Wildman–Crippen MR) is 108 cm³/mol. The third-order valence-corrected chi connectivity index (χ3v) is 5.60. The van der Waals surface area contributed by atoms with Crippen LogP contribution in [0, 0.1) is 5.92 Å². The number of hydrogen-bond acceptors (Lipinski definition) is 4. The van der Waals surface area contributed by atoms with Crippen LogP contribution in [0.2, 0.25) is 0 Å². The third-order valence-electron chi connectivity index (χ3n) is 5.60. The molecule has 2 amide bonds. The van der Waals surface area contributed by atoms with Crippen LogP contribution in [0.15, 0.2) is 36.7 Å². The van der Waals surface area contributed by atoms with Gasteiger partial charge in [-0.15, -0.1) is 12.4 Å². The van der Waals surface area contributed by atoms with Crippen LogP contribution in [0.1, 0.15) is 22.6 Å². The van der Waals surface area contributed by atoms with Gasteiger partial charge in [0.1, 0.15) is 0 Å². The van der Waals surface area contributed by atoms with Gasteiger partial charge in [0.2, 0.25) is 11.8 Å². The van der Waals surface area contributed by atoms with Crippen LogP contribution in [0.5, 0.6) is 0 Å². The first-order chi connectivity index (χ1) is 13.1. The van der Waals surface area contributed by atoms with E-state index in [-0.39, 0.29) is 42.6 Å². The molecule has 1 aromatic carbocycles. The van der Waals surface area contributed by atoms with Crippen molar-refractivity contribution >= 4 is 24.2 Å². The van der Waals surface area contributed by atoms with E-state index in [4.69, 9.17) is 0 Å². The van der Waals surface area contributed by atoms with Gasteiger partial charge in [0.25, 0.3) is 0 Å². The fourth-order valence-corrected chi connectivity index (χ4v) is 4.05. The number of aromatic nitrogens is 2. The van der Waals surface area contributed by atoms with E-state index in [9.17, 15) is 9.59 Å². The SMILES string of the molecule is Cl.Cn1cc([C@H]2CNC[C@@H]2C(=O)NCC(=O)N2CCc3ccccc3C2)cn1. The van der Waals surface area contributed by atoms with Gasteiger partial charge < -0.3 is 15.5 Å². The molecule has 2 aromatic rings. The summed E-state index contributed by atoms with van der Waals surface area (Å²) in [5, 5.41) is 10.3. The number of nitrogens with zero attached hydrogens (tertiary/aromatic N) is 3. The highest BCUT2D eigenvalue weighted by Crippen LogP contribution is 2.27. The Morgan fingerprint density at radius 1 is 1.25 bits per heavy atom. The number of rotatable bonds is 4. The van der Waals surface area contributed by atoms with E-state index in [0.717, 1.165) is 18.5 Å². The number of amides is 2. The van der Waals surface area contributed by atoms with Gasteiger partial charge >= 0.3 is 0 Å². The molecule has 3 heterocycles. The quantitative estimate of drug-likeness (QED) is 0.793. The molecule has 28 heavy (non-hydrogen) atoms. The van der Waals surface area contributed by atoms with Gasteiger partial charge in [-0.1, -0.05) is 24.3 Å². The molecule has 1 aromatic heterocycles. The van der Waals surface area contributed by atoms with E-state index < -0.39 is 0 Å². The van der Waals surface area contributed by atoms with Crippen LogP contribution in [-0.4, -0.2) is 52.7 Å². The predicted octanol–water partition coefficient (Wildman–Crippen LogP) is 0.846. The lowest BCUT2D eigenvalue weighted by molar-refractivity contribution is -0.134. The standard InChI is InChI=1S/C20H25N5O2.ClH/c1-24-12-16(8-23-24)17-9-21-10-18(17)20(27)22-11-19(26)25-7-6-14-4-2-3-5-15(14)13-25;/h2-5,8,12,17-18,21H,6-7,9-11,13H2,1H3,(H,22,27);1H/t17-,18+;/m1./s1. The summed E-state index contributed by atoms with van der Waals surface area (Å²) in [5.74, 6) is -0.180. The number of carbonyl (C=O) groups is 2. The molecule has 1 saturated heterocycles. The highest BCUT2D eigenvalue weighted by atomic mass is 35.5. The van der Waals surface area contributed by atoms with Crippen molar-refractivity contribution in [3.8, 4) is 0 Å². The maximum atomic E-state index is 12.7. The maximum Gasteiger partial charge on any atom is 0.242 e. The molecule has 2 N–H and O–H groups in total. The fraction of sp³-hybridized carbons (Fsp3) is 0.450. The first-order valence-electron chi connectivity index (χ1n) is 9.43. The number of hydrogen-bond donors (Lipinski definition) is 2. The van der Waals surface area contributed by atoms with Crippen LogP contribution in [0.4, 0.5) is 0 Å². The van der Waals surface area contributed by atoms with Gasteiger partial charge in [-0.3, -0.25) is 14.3 Å². The van der Waals surface area contributed by atoms with E-state index in [1.165, 1.54) is 11.1 Å². The molecule has 7 nitrogen and oxygen atoms in total. The van der Waals surface area contributed by atoms with Crippen molar-refractivity contribution in [1.82, 2.24) is 25.3 Å². The Bertz CT molecular complexity index is 853. The molecule has 0 spiro atoms. The molecular formula is C20H26ClN5O2. The molecule has 0 bridgehead atoms. The number of benzene rings is 1. The van der Waals surface area contributed by atoms with Gasteiger partial charge in [0, 0.05) is 45.3 Å². The second kappa shape index (κ2) is 8.75. The number of nitrogens with one attached hydrogen (secondary N) is 2. The zero-order valence-electron chi connectivity index (χ0n) is 15.9. The second-order valence-electron chi connectivity index (χ2n) is 7.37. The molecule has 0 radical (unpaired) electrons. The molecule has 2 aliphatic heterocycles. The summed E-state index contributed by atoms with van der Waals surface area (Å²) in [5.41, 5.74) is 3.56.